The number of carbonyl (C=O) groups is 3. The molecule has 6 rings (SSSR count). The Balaban J connectivity index is 1.39. The second kappa shape index (κ2) is 11.2. The van der Waals surface area contributed by atoms with E-state index in [0.717, 1.165) is 11.1 Å². The molecule has 0 bridgehead atoms. The maximum absolute atomic E-state index is 14.5. The Morgan fingerprint density at radius 2 is 1.83 bits per heavy atom. The average molecular weight is 703 g/mol. The summed E-state index contributed by atoms with van der Waals surface area (Å²) in [5.74, 6) is -1.92. The highest BCUT2D eigenvalue weighted by Gasteiger charge is 2.58. The van der Waals surface area contributed by atoms with E-state index in [0.29, 0.717) is 24.2 Å². The van der Waals surface area contributed by atoms with Crippen molar-refractivity contribution < 1.29 is 31.9 Å². The number of anilines is 1. The number of ketones is 1. The number of carbonyl (C=O) groups excluding carboxylic acids is 3. The summed E-state index contributed by atoms with van der Waals surface area (Å²) in [6.45, 7) is 5.63. The van der Waals surface area contributed by atoms with Crippen LogP contribution in [0.3, 0.4) is 0 Å². The summed E-state index contributed by atoms with van der Waals surface area (Å²) in [5, 5.41) is 6.71. The van der Waals surface area contributed by atoms with Crippen LogP contribution in [0.2, 0.25) is 0 Å². The van der Waals surface area contributed by atoms with Crippen molar-refractivity contribution in [3.63, 3.8) is 0 Å². The van der Waals surface area contributed by atoms with Gasteiger partial charge in [0.05, 0.1) is 5.69 Å². The molecule has 0 aromatic carbocycles. The number of likely N-dealkylation sites (tertiary alicyclic amines) is 1. The minimum absolute atomic E-state index is 0.0984. The number of Topliss-reactive ketones (excluding diaryl/α,β-unsaturated/α-hetero) is 1. The van der Waals surface area contributed by atoms with Crippen LogP contribution in [0.25, 0.3) is 22.2 Å². The highest BCUT2D eigenvalue weighted by Crippen LogP contribution is 2.54. The molecule has 1 aliphatic heterocycles. The van der Waals surface area contributed by atoms with E-state index in [1.165, 1.54) is 36.4 Å². The molecule has 2 amide bonds. The molecule has 11 nitrogen and oxygen atoms in total. The molecule has 2 fully saturated rings. The zero-order chi connectivity index (χ0) is 33.3. The van der Waals surface area contributed by atoms with Gasteiger partial charge in [0.25, 0.3) is 0 Å². The van der Waals surface area contributed by atoms with Crippen LogP contribution >= 0.6 is 15.9 Å². The fourth-order valence-electron chi connectivity index (χ4n) is 6.35. The molecule has 1 aliphatic carbocycles. The summed E-state index contributed by atoms with van der Waals surface area (Å²) in [4.78, 5) is 57.6. The topological polar surface area (TPSA) is 136 Å². The molecule has 4 aromatic heterocycles. The third kappa shape index (κ3) is 5.41. The Bertz CT molecular complexity index is 1930. The quantitative estimate of drug-likeness (QED) is 0.160. The number of halogens is 5. The minimum Gasteiger partial charge on any atom is -0.325 e. The van der Waals surface area contributed by atoms with Crippen LogP contribution in [0.1, 0.15) is 60.7 Å². The summed E-state index contributed by atoms with van der Waals surface area (Å²) in [7, 11) is 0. The van der Waals surface area contributed by atoms with Crippen molar-refractivity contribution in [3.8, 4) is 11.3 Å². The lowest BCUT2D eigenvalue weighted by atomic mass is 9.66. The molecule has 2 aliphatic rings. The molecule has 3 atom stereocenters. The van der Waals surface area contributed by atoms with Gasteiger partial charge >= 0.3 is 6.18 Å². The van der Waals surface area contributed by atoms with Gasteiger partial charge in [0.2, 0.25) is 11.8 Å². The molecule has 46 heavy (non-hydrogen) atoms. The van der Waals surface area contributed by atoms with E-state index in [9.17, 15) is 31.9 Å². The van der Waals surface area contributed by atoms with Crippen molar-refractivity contribution in [3.05, 3.63) is 57.7 Å². The predicted molar refractivity (Wildman–Crippen MR) is 160 cm³/mol. The number of pyridine rings is 2. The number of amides is 2. The van der Waals surface area contributed by atoms with Gasteiger partial charge in [-0.25, -0.2) is 24.3 Å². The van der Waals surface area contributed by atoms with Gasteiger partial charge in [0.15, 0.2) is 17.3 Å². The summed E-state index contributed by atoms with van der Waals surface area (Å²) < 4.78 is 58.3. The van der Waals surface area contributed by atoms with Crippen LogP contribution in [-0.4, -0.2) is 64.3 Å². The molecule has 240 valence electrons. The lowest BCUT2D eigenvalue weighted by molar-refractivity contribution is -0.142. The van der Waals surface area contributed by atoms with E-state index in [2.05, 4.69) is 46.3 Å². The summed E-state index contributed by atoms with van der Waals surface area (Å²) >= 11 is 3.01. The Labute approximate surface area is 267 Å². The minimum atomic E-state index is -4.98. The van der Waals surface area contributed by atoms with Gasteiger partial charge in [0.1, 0.15) is 40.0 Å². The molecule has 1 saturated heterocycles. The van der Waals surface area contributed by atoms with Crippen molar-refractivity contribution >= 4 is 50.2 Å². The molecule has 0 unspecified atom stereocenters. The molecule has 0 spiro atoms. The zero-order valence-corrected chi connectivity index (χ0v) is 26.6. The lowest BCUT2D eigenvalue weighted by Gasteiger charge is -2.44. The molecular weight excluding hydrogens is 676 g/mol. The van der Waals surface area contributed by atoms with Gasteiger partial charge in [-0.2, -0.15) is 18.3 Å². The second-order valence-electron chi connectivity index (χ2n) is 12.0. The number of aromatic nitrogens is 6. The first kappa shape index (κ1) is 31.6. The Morgan fingerprint density at radius 1 is 1.13 bits per heavy atom. The number of nitrogens with one attached hydrogen (secondary N) is 1. The fraction of sp³-hybridized carbons (Fsp3) is 0.400. The van der Waals surface area contributed by atoms with Crippen molar-refractivity contribution in [1.82, 2.24) is 34.6 Å². The van der Waals surface area contributed by atoms with Gasteiger partial charge < -0.3 is 10.2 Å². The monoisotopic (exact) mass is 702 g/mol. The van der Waals surface area contributed by atoms with Gasteiger partial charge in [0, 0.05) is 36.3 Å². The highest BCUT2D eigenvalue weighted by atomic mass is 79.9. The number of alkyl halides is 3. The number of hydrogen-bond donors (Lipinski definition) is 1. The maximum Gasteiger partial charge on any atom is 0.435 e. The average Bonchev–Trinajstić information content (AvgIpc) is 3.43. The molecule has 16 heteroatoms. The number of nitrogens with zero attached hydrogens (tertiary/aromatic N) is 7. The first-order valence-electron chi connectivity index (χ1n) is 14.3. The van der Waals surface area contributed by atoms with Crippen LogP contribution in [0.4, 0.5) is 23.4 Å². The van der Waals surface area contributed by atoms with Gasteiger partial charge in [-0.05, 0) is 72.2 Å². The largest absolute Gasteiger partial charge is 0.435 e. The third-order valence-corrected chi connectivity index (χ3v) is 9.33. The third-order valence-electron chi connectivity index (χ3n) is 8.77. The highest BCUT2D eigenvalue weighted by molar-refractivity contribution is 9.10. The Hall–Kier alpha value is -4.34. The van der Waals surface area contributed by atoms with Gasteiger partial charge in [-0.1, -0.05) is 6.92 Å². The Kier molecular flexibility index (Phi) is 7.68. The number of aryl methyl sites for hydroxylation is 2. The van der Waals surface area contributed by atoms with E-state index in [4.69, 9.17) is 0 Å². The number of rotatable bonds is 6. The second-order valence-corrected chi connectivity index (χ2v) is 12.7. The SMILES string of the molecule is CC(=O)c1nn(CC(=O)N2[C@H](C(=O)Nc3nc(Br)c(F)cc3C)C[C@@]3(C)CC[C@@H]23)c2c(C(F)(F)F)nc(-c3cnc(C)nc3)cc12. The fourth-order valence-corrected chi connectivity index (χ4v) is 6.64. The van der Waals surface area contributed by atoms with E-state index in [1.807, 2.05) is 6.92 Å². The van der Waals surface area contributed by atoms with Crippen molar-refractivity contribution in [2.75, 3.05) is 5.32 Å². The van der Waals surface area contributed by atoms with Crippen LogP contribution in [-0.2, 0) is 22.3 Å². The maximum atomic E-state index is 14.5. The van der Waals surface area contributed by atoms with Crippen LogP contribution < -0.4 is 5.32 Å². The predicted octanol–water partition coefficient (Wildman–Crippen LogP) is 5.43. The van der Waals surface area contributed by atoms with E-state index in [1.54, 1.807) is 13.8 Å². The number of fused-ring (bicyclic) bond motifs is 2. The Morgan fingerprint density at radius 3 is 2.43 bits per heavy atom. The lowest BCUT2D eigenvalue weighted by Crippen LogP contribution is -2.52. The van der Waals surface area contributed by atoms with E-state index in [-0.39, 0.29) is 44.2 Å². The molecule has 5 heterocycles. The first-order chi connectivity index (χ1) is 21.6. The normalized spacial score (nSPS) is 20.8. The zero-order valence-electron chi connectivity index (χ0n) is 25.0. The van der Waals surface area contributed by atoms with Gasteiger partial charge in [-0.15, -0.1) is 0 Å². The number of hydrogen-bond acceptors (Lipinski definition) is 8. The van der Waals surface area contributed by atoms with Crippen LogP contribution in [0.15, 0.2) is 29.1 Å². The van der Waals surface area contributed by atoms with Gasteiger partial charge in [-0.3, -0.25) is 19.1 Å². The summed E-state index contributed by atoms with van der Waals surface area (Å²) in [5.41, 5.74) is -2.07. The molecule has 0 radical (unpaired) electrons. The first-order valence-corrected chi connectivity index (χ1v) is 15.1. The van der Waals surface area contributed by atoms with E-state index >= 15 is 0 Å². The molecule has 1 N–H and O–H groups in total. The van der Waals surface area contributed by atoms with E-state index < -0.39 is 53.4 Å². The summed E-state index contributed by atoms with van der Waals surface area (Å²) in [6, 6.07) is 1.19. The van der Waals surface area contributed by atoms with Crippen LogP contribution in [0, 0.1) is 25.1 Å². The molecule has 4 aromatic rings. The molecular formula is C30H27BrF4N8O3. The molecule has 1 saturated carbocycles. The van der Waals surface area contributed by atoms with Crippen molar-refractivity contribution in [1.29, 1.82) is 0 Å². The van der Waals surface area contributed by atoms with Crippen molar-refractivity contribution in [2.45, 2.75) is 71.8 Å². The van der Waals surface area contributed by atoms with Crippen LogP contribution in [0.5, 0.6) is 0 Å². The van der Waals surface area contributed by atoms with Crippen molar-refractivity contribution in [2.24, 2.45) is 5.41 Å². The smallest absolute Gasteiger partial charge is 0.325 e. The summed E-state index contributed by atoms with van der Waals surface area (Å²) in [6.07, 6.45) is -0.668. The standard InChI is InChI=1S/C30H27BrF4N8O3/c1-13-7-18(32)26(31)39-27(13)40-28(46)20-9-29(4)6-5-21(29)43(20)22(45)12-42-24-17(23(41-42)14(2)44)8-19(38-25(24)30(33,34)35)16-10-36-15(3)37-11-16/h7-8,10-11,20-21H,5-6,9,12H2,1-4H3,(H,39,40,46)/t20-,21+,29+/m0/s1.